The van der Waals surface area contributed by atoms with Crippen LogP contribution in [0.15, 0.2) is 22.4 Å². The van der Waals surface area contributed by atoms with E-state index in [0.29, 0.717) is 18.2 Å². The summed E-state index contributed by atoms with van der Waals surface area (Å²) in [6, 6.07) is 5.34. The van der Waals surface area contributed by atoms with Crippen molar-refractivity contribution in [3.05, 3.63) is 23.2 Å². The minimum absolute atomic E-state index is 0.133. The lowest BCUT2D eigenvalue weighted by molar-refractivity contribution is 0.122. The first-order valence-corrected chi connectivity index (χ1v) is 8.78. The Balaban J connectivity index is 2.10. The van der Waals surface area contributed by atoms with E-state index in [9.17, 15) is 8.42 Å². The smallest absolute Gasteiger partial charge is 0.247 e. The van der Waals surface area contributed by atoms with Crippen LogP contribution in [0.3, 0.4) is 0 Å². The summed E-state index contributed by atoms with van der Waals surface area (Å²) < 4.78 is 29.1. The van der Waals surface area contributed by atoms with Crippen LogP contribution in [0.25, 0.3) is 10.1 Å². The van der Waals surface area contributed by atoms with Crippen LogP contribution in [0, 0.1) is 0 Å². The first-order valence-electron chi connectivity index (χ1n) is 6.04. The van der Waals surface area contributed by atoms with Gasteiger partial charge < -0.3 is 9.64 Å². The summed E-state index contributed by atoms with van der Waals surface area (Å²) in [6.07, 6.45) is 0. The highest BCUT2D eigenvalue weighted by molar-refractivity contribution is 7.91. The van der Waals surface area contributed by atoms with E-state index in [1.165, 1.54) is 0 Å². The summed E-state index contributed by atoms with van der Waals surface area (Å²) in [5.41, 5.74) is 0.904. The summed E-state index contributed by atoms with van der Waals surface area (Å²) in [4.78, 5) is 2.14. The van der Waals surface area contributed by atoms with Crippen molar-refractivity contribution in [2.75, 3.05) is 31.2 Å². The molecule has 1 aliphatic heterocycles. The van der Waals surface area contributed by atoms with Crippen LogP contribution in [0.1, 0.15) is 0 Å². The fourth-order valence-electron chi connectivity index (χ4n) is 2.23. The van der Waals surface area contributed by atoms with E-state index in [-0.39, 0.29) is 4.21 Å². The number of nitrogens with two attached hydrogens (primary N) is 1. The zero-order valence-corrected chi connectivity index (χ0v) is 12.9. The zero-order valence-electron chi connectivity index (χ0n) is 10.5. The van der Waals surface area contributed by atoms with Gasteiger partial charge in [-0.2, -0.15) is 0 Å². The van der Waals surface area contributed by atoms with E-state index >= 15 is 0 Å². The van der Waals surface area contributed by atoms with Crippen molar-refractivity contribution in [1.29, 1.82) is 0 Å². The fourth-order valence-corrected chi connectivity index (χ4v) is 4.44. The third-order valence-corrected chi connectivity index (χ3v) is 6.14. The number of sulfonamides is 1. The van der Waals surface area contributed by atoms with Gasteiger partial charge in [0.2, 0.25) is 10.0 Å². The van der Waals surface area contributed by atoms with E-state index in [1.54, 1.807) is 6.07 Å². The van der Waals surface area contributed by atoms with Gasteiger partial charge in [0, 0.05) is 23.2 Å². The SMILES string of the molecule is NS(=O)(=O)c1cc2c(Cl)c(N3CCOCC3)ccc2s1. The van der Waals surface area contributed by atoms with E-state index in [4.69, 9.17) is 21.5 Å². The van der Waals surface area contributed by atoms with Gasteiger partial charge in [-0.15, -0.1) is 11.3 Å². The van der Waals surface area contributed by atoms with E-state index in [1.807, 2.05) is 12.1 Å². The first kappa shape index (κ1) is 14.1. The Kier molecular flexibility index (Phi) is 3.64. The van der Waals surface area contributed by atoms with E-state index in [2.05, 4.69) is 4.90 Å². The van der Waals surface area contributed by atoms with Gasteiger partial charge in [-0.1, -0.05) is 11.6 Å². The van der Waals surface area contributed by atoms with Crippen molar-refractivity contribution in [1.82, 2.24) is 0 Å². The second-order valence-electron chi connectivity index (χ2n) is 4.52. The Morgan fingerprint density at radius 3 is 2.65 bits per heavy atom. The molecule has 20 heavy (non-hydrogen) atoms. The number of halogens is 1. The molecule has 108 valence electrons. The Labute approximate surface area is 125 Å². The maximum Gasteiger partial charge on any atom is 0.247 e. The molecule has 0 radical (unpaired) electrons. The van der Waals surface area contributed by atoms with Crippen LogP contribution < -0.4 is 10.0 Å². The molecule has 1 aliphatic rings. The quantitative estimate of drug-likeness (QED) is 0.913. The van der Waals surface area contributed by atoms with Crippen molar-refractivity contribution < 1.29 is 13.2 Å². The number of hydrogen-bond donors (Lipinski definition) is 1. The summed E-state index contributed by atoms with van der Waals surface area (Å²) in [5.74, 6) is 0. The lowest BCUT2D eigenvalue weighted by atomic mass is 10.2. The Hall–Kier alpha value is -0.860. The number of anilines is 1. The molecule has 2 aromatic rings. The number of fused-ring (bicyclic) bond motifs is 1. The number of benzene rings is 1. The van der Waals surface area contributed by atoms with Gasteiger partial charge in [0.25, 0.3) is 0 Å². The Morgan fingerprint density at radius 1 is 1.30 bits per heavy atom. The maximum atomic E-state index is 11.4. The lowest BCUT2D eigenvalue weighted by Crippen LogP contribution is -2.36. The molecule has 0 atom stereocenters. The number of primary sulfonamides is 1. The van der Waals surface area contributed by atoms with Crippen LogP contribution in [0.4, 0.5) is 5.69 Å². The number of nitrogens with zero attached hydrogens (tertiary/aromatic N) is 1. The summed E-state index contributed by atoms with van der Waals surface area (Å²) in [5, 5.41) is 6.46. The van der Waals surface area contributed by atoms with Crippen LogP contribution in [-0.2, 0) is 14.8 Å². The Bertz CT molecular complexity index is 751. The third kappa shape index (κ3) is 2.51. The van der Waals surface area contributed by atoms with Crippen molar-refractivity contribution in [2.45, 2.75) is 4.21 Å². The molecule has 1 fully saturated rings. The van der Waals surface area contributed by atoms with Crippen LogP contribution in [-0.4, -0.2) is 34.7 Å². The maximum absolute atomic E-state index is 11.4. The predicted octanol–water partition coefficient (Wildman–Crippen LogP) is 2.04. The largest absolute Gasteiger partial charge is 0.378 e. The van der Waals surface area contributed by atoms with Gasteiger partial charge in [-0.05, 0) is 18.2 Å². The van der Waals surface area contributed by atoms with Gasteiger partial charge in [-0.3, -0.25) is 0 Å². The third-order valence-electron chi connectivity index (χ3n) is 3.22. The summed E-state index contributed by atoms with van der Waals surface area (Å²) in [6.45, 7) is 2.88. The zero-order chi connectivity index (χ0) is 14.3. The van der Waals surface area contributed by atoms with Crippen LogP contribution >= 0.6 is 22.9 Å². The van der Waals surface area contributed by atoms with E-state index < -0.39 is 10.0 Å². The van der Waals surface area contributed by atoms with Crippen molar-refractivity contribution in [3.8, 4) is 0 Å². The van der Waals surface area contributed by atoms with Crippen LogP contribution in [0.5, 0.6) is 0 Å². The standard InChI is InChI=1S/C12H13ClN2O3S2/c13-12-8-7-11(20(14,16)17)19-10(8)2-1-9(12)15-3-5-18-6-4-15/h1-2,7H,3-6H2,(H2,14,16,17). The van der Waals surface area contributed by atoms with Gasteiger partial charge >= 0.3 is 0 Å². The molecule has 0 aliphatic carbocycles. The number of rotatable bonds is 2. The average molecular weight is 333 g/mol. The highest BCUT2D eigenvalue weighted by atomic mass is 35.5. The van der Waals surface area contributed by atoms with E-state index in [0.717, 1.165) is 40.2 Å². The molecule has 5 nitrogen and oxygen atoms in total. The average Bonchev–Trinajstić information content (AvgIpc) is 2.85. The van der Waals surface area contributed by atoms with Gasteiger partial charge in [0.05, 0.1) is 23.9 Å². The monoisotopic (exact) mass is 332 g/mol. The molecule has 0 saturated carbocycles. The van der Waals surface area contributed by atoms with Crippen molar-refractivity contribution >= 4 is 48.7 Å². The highest BCUT2D eigenvalue weighted by Crippen LogP contribution is 2.39. The van der Waals surface area contributed by atoms with Gasteiger partial charge in [0.1, 0.15) is 4.21 Å². The lowest BCUT2D eigenvalue weighted by Gasteiger charge is -2.29. The minimum atomic E-state index is -3.69. The molecular weight excluding hydrogens is 320 g/mol. The molecule has 0 spiro atoms. The topological polar surface area (TPSA) is 72.6 Å². The summed E-state index contributed by atoms with van der Waals surface area (Å²) >= 11 is 7.56. The molecule has 2 N–H and O–H groups in total. The number of ether oxygens (including phenoxy) is 1. The molecule has 1 aromatic heterocycles. The Morgan fingerprint density at radius 2 is 2.00 bits per heavy atom. The number of morpholine rings is 1. The van der Waals surface area contributed by atoms with Crippen molar-refractivity contribution in [3.63, 3.8) is 0 Å². The molecule has 0 amide bonds. The van der Waals surface area contributed by atoms with Gasteiger partial charge in [-0.25, -0.2) is 13.6 Å². The predicted molar refractivity (Wildman–Crippen MR) is 81.2 cm³/mol. The molecule has 1 aromatic carbocycles. The van der Waals surface area contributed by atoms with Crippen molar-refractivity contribution in [2.24, 2.45) is 5.14 Å². The molecule has 0 unspecified atom stereocenters. The van der Waals surface area contributed by atoms with Crippen LogP contribution in [0.2, 0.25) is 5.02 Å². The fraction of sp³-hybridized carbons (Fsp3) is 0.333. The molecule has 3 rings (SSSR count). The highest BCUT2D eigenvalue weighted by Gasteiger charge is 2.19. The minimum Gasteiger partial charge on any atom is -0.378 e. The second kappa shape index (κ2) is 5.16. The first-order chi connectivity index (χ1) is 9.47. The summed E-state index contributed by atoms with van der Waals surface area (Å²) in [7, 11) is -3.69. The normalized spacial score (nSPS) is 16.8. The number of hydrogen-bond acceptors (Lipinski definition) is 5. The molecule has 1 saturated heterocycles. The molecule has 2 heterocycles. The molecule has 0 bridgehead atoms. The second-order valence-corrected chi connectivity index (χ2v) is 7.77. The van der Waals surface area contributed by atoms with Gasteiger partial charge in [0.15, 0.2) is 0 Å². The molecular formula is C12H13ClN2O3S2. The molecule has 8 heteroatoms. The number of thiophene rings is 1.